The predicted molar refractivity (Wildman–Crippen MR) is 136 cm³/mol. The van der Waals surface area contributed by atoms with Gasteiger partial charge in [-0.1, -0.05) is 47.5 Å². The Labute approximate surface area is 203 Å². The van der Waals surface area contributed by atoms with E-state index in [2.05, 4.69) is 0 Å². The molecule has 8 heteroatoms. The molecule has 0 fully saturated rings. The predicted octanol–water partition coefficient (Wildman–Crippen LogP) is 5.20. The summed E-state index contributed by atoms with van der Waals surface area (Å²) in [5, 5.41) is 3.02. The standard InChI is InChI=1S/C26H20ClN3O3S/c1-14-6-8-15(9-7-14)21-20-22(28(2)26(32)29(3)25(20)31)23-24(19-5-4-12-34-19)33-18-11-10-16(27)13-17(18)30(21)23/h4-13,24H,1-3H3/t24-/m1/s1. The zero-order valence-corrected chi connectivity index (χ0v) is 20.3. The van der Waals surface area contributed by atoms with E-state index < -0.39 is 6.10 Å². The van der Waals surface area contributed by atoms with Crippen LogP contribution in [0.2, 0.25) is 5.02 Å². The number of hydrogen-bond acceptors (Lipinski definition) is 4. The maximum Gasteiger partial charge on any atom is 0.331 e. The van der Waals surface area contributed by atoms with E-state index in [1.165, 1.54) is 7.05 Å². The summed E-state index contributed by atoms with van der Waals surface area (Å²) >= 11 is 7.99. The molecule has 170 valence electrons. The van der Waals surface area contributed by atoms with E-state index in [0.717, 1.165) is 37.6 Å². The first-order valence-corrected chi connectivity index (χ1v) is 12.0. The number of aromatic nitrogens is 3. The minimum Gasteiger partial charge on any atom is -0.476 e. The molecule has 4 heterocycles. The molecule has 0 saturated heterocycles. The van der Waals surface area contributed by atoms with Crippen molar-refractivity contribution in [3.63, 3.8) is 0 Å². The normalized spacial score (nSPS) is 14.6. The van der Waals surface area contributed by atoms with Gasteiger partial charge in [0.2, 0.25) is 0 Å². The van der Waals surface area contributed by atoms with Crippen molar-refractivity contribution < 1.29 is 4.74 Å². The SMILES string of the molecule is Cc1ccc(-c2c3c(=O)n(C)c(=O)n(C)c3c3n2-c2cc(Cl)ccc2O[C@@H]3c2cccs2)cc1. The van der Waals surface area contributed by atoms with Gasteiger partial charge in [-0.25, -0.2) is 4.79 Å². The lowest BCUT2D eigenvalue weighted by Gasteiger charge is -2.29. The molecular formula is C26H20ClN3O3S. The maximum atomic E-state index is 13.6. The molecule has 1 aliphatic rings. The fraction of sp³-hybridized carbons (Fsp3) is 0.154. The molecule has 0 amide bonds. The highest BCUT2D eigenvalue weighted by Gasteiger charge is 2.36. The molecule has 1 atom stereocenters. The van der Waals surface area contributed by atoms with Crippen molar-refractivity contribution in [3.05, 3.63) is 102 Å². The highest BCUT2D eigenvalue weighted by molar-refractivity contribution is 7.10. The van der Waals surface area contributed by atoms with Crippen LogP contribution in [0.3, 0.4) is 0 Å². The molecular weight excluding hydrogens is 470 g/mol. The van der Waals surface area contributed by atoms with Gasteiger partial charge in [-0.05, 0) is 42.1 Å². The van der Waals surface area contributed by atoms with Crippen LogP contribution < -0.4 is 16.0 Å². The summed E-state index contributed by atoms with van der Waals surface area (Å²) < 4.78 is 11.3. The van der Waals surface area contributed by atoms with E-state index in [-0.39, 0.29) is 11.2 Å². The molecule has 6 nitrogen and oxygen atoms in total. The Balaban J connectivity index is 1.89. The third kappa shape index (κ3) is 2.87. The Kier molecular flexibility index (Phi) is 4.62. The average molecular weight is 490 g/mol. The second kappa shape index (κ2) is 7.48. The molecule has 0 saturated carbocycles. The van der Waals surface area contributed by atoms with Crippen LogP contribution in [0.15, 0.2) is 69.6 Å². The number of ether oxygens (including phenoxy) is 1. The molecule has 2 aromatic carbocycles. The van der Waals surface area contributed by atoms with Crippen LogP contribution in [0, 0.1) is 6.92 Å². The van der Waals surface area contributed by atoms with Crippen LogP contribution in [0.4, 0.5) is 0 Å². The number of nitrogens with zero attached hydrogens (tertiary/aromatic N) is 3. The number of benzene rings is 2. The molecule has 6 rings (SSSR count). The van der Waals surface area contributed by atoms with Gasteiger partial charge in [0.05, 0.1) is 32.9 Å². The van der Waals surface area contributed by atoms with Gasteiger partial charge in [0.15, 0.2) is 6.10 Å². The van der Waals surface area contributed by atoms with Crippen LogP contribution >= 0.6 is 22.9 Å². The van der Waals surface area contributed by atoms with Gasteiger partial charge in [0.25, 0.3) is 5.56 Å². The summed E-state index contributed by atoms with van der Waals surface area (Å²) in [7, 11) is 3.21. The molecule has 0 spiro atoms. The molecule has 1 aliphatic heterocycles. The first kappa shape index (κ1) is 21.0. The van der Waals surface area contributed by atoms with E-state index >= 15 is 0 Å². The molecule has 0 N–H and O–H groups in total. The zero-order chi connectivity index (χ0) is 23.7. The van der Waals surface area contributed by atoms with Gasteiger partial charge in [-0.15, -0.1) is 11.3 Å². The molecule has 5 aromatic rings. The molecule has 34 heavy (non-hydrogen) atoms. The number of fused-ring (bicyclic) bond motifs is 5. The minimum atomic E-state index is -0.493. The highest BCUT2D eigenvalue weighted by Crippen LogP contribution is 2.47. The van der Waals surface area contributed by atoms with Crippen LogP contribution in [0.25, 0.3) is 27.8 Å². The van der Waals surface area contributed by atoms with E-state index in [0.29, 0.717) is 21.7 Å². The van der Waals surface area contributed by atoms with E-state index in [9.17, 15) is 9.59 Å². The molecule has 0 bridgehead atoms. The Bertz CT molecular complexity index is 1710. The van der Waals surface area contributed by atoms with Gasteiger partial charge in [-0.2, -0.15) is 0 Å². The summed E-state index contributed by atoms with van der Waals surface area (Å²) in [4.78, 5) is 27.6. The van der Waals surface area contributed by atoms with Crippen LogP contribution in [-0.4, -0.2) is 13.7 Å². The Morgan fingerprint density at radius 2 is 1.76 bits per heavy atom. The zero-order valence-electron chi connectivity index (χ0n) is 18.7. The van der Waals surface area contributed by atoms with E-state index in [1.54, 1.807) is 29.0 Å². The molecule has 0 unspecified atom stereocenters. The summed E-state index contributed by atoms with van der Waals surface area (Å²) in [5.41, 5.74) is 4.00. The van der Waals surface area contributed by atoms with Crippen LogP contribution in [0.5, 0.6) is 5.75 Å². The summed E-state index contributed by atoms with van der Waals surface area (Å²) in [5.74, 6) is 0.658. The third-order valence-corrected chi connectivity index (χ3v) is 7.54. The van der Waals surface area contributed by atoms with Crippen molar-refractivity contribution in [1.82, 2.24) is 13.7 Å². The number of thiophene rings is 1. The summed E-state index contributed by atoms with van der Waals surface area (Å²) in [6.07, 6.45) is -0.493. The van der Waals surface area contributed by atoms with Gasteiger partial charge >= 0.3 is 5.69 Å². The topological polar surface area (TPSA) is 58.2 Å². The lowest BCUT2D eigenvalue weighted by atomic mass is 10.1. The van der Waals surface area contributed by atoms with E-state index in [1.807, 2.05) is 65.4 Å². The smallest absolute Gasteiger partial charge is 0.331 e. The van der Waals surface area contributed by atoms with Crippen molar-refractivity contribution in [3.8, 4) is 22.7 Å². The van der Waals surface area contributed by atoms with Gasteiger partial charge in [0.1, 0.15) is 5.75 Å². The van der Waals surface area contributed by atoms with Crippen LogP contribution in [-0.2, 0) is 14.1 Å². The average Bonchev–Trinajstić information content (AvgIpc) is 3.48. The second-order valence-corrected chi connectivity index (χ2v) is 9.91. The first-order valence-electron chi connectivity index (χ1n) is 10.8. The first-order chi connectivity index (χ1) is 16.4. The Morgan fingerprint density at radius 1 is 1.00 bits per heavy atom. The van der Waals surface area contributed by atoms with Crippen molar-refractivity contribution >= 4 is 33.8 Å². The van der Waals surface area contributed by atoms with Gasteiger partial charge in [-0.3, -0.25) is 13.9 Å². The fourth-order valence-electron chi connectivity index (χ4n) is 4.75. The Hall–Kier alpha value is -3.55. The largest absolute Gasteiger partial charge is 0.476 e. The van der Waals surface area contributed by atoms with Crippen LogP contribution in [0.1, 0.15) is 22.2 Å². The number of aryl methyl sites for hydroxylation is 2. The molecule has 0 radical (unpaired) electrons. The monoisotopic (exact) mass is 489 g/mol. The van der Waals surface area contributed by atoms with Gasteiger partial charge in [0, 0.05) is 19.1 Å². The van der Waals surface area contributed by atoms with Gasteiger partial charge < -0.3 is 9.30 Å². The third-order valence-electron chi connectivity index (χ3n) is 6.39. The lowest BCUT2D eigenvalue weighted by Crippen LogP contribution is -2.37. The fourth-order valence-corrected chi connectivity index (χ4v) is 5.67. The summed E-state index contributed by atoms with van der Waals surface area (Å²) in [6, 6.07) is 17.5. The lowest BCUT2D eigenvalue weighted by molar-refractivity contribution is 0.233. The van der Waals surface area contributed by atoms with Crippen molar-refractivity contribution in [2.45, 2.75) is 13.0 Å². The van der Waals surface area contributed by atoms with Crippen molar-refractivity contribution in [1.29, 1.82) is 0 Å². The number of rotatable bonds is 2. The minimum absolute atomic E-state index is 0.343. The maximum absolute atomic E-state index is 13.6. The second-order valence-electron chi connectivity index (χ2n) is 8.49. The van der Waals surface area contributed by atoms with Crippen molar-refractivity contribution in [2.75, 3.05) is 0 Å². The highest BCUT2D eigenvalue weighted by atomic mass is 35.5. The van der Waals surface area contributed by atoms with Crippen molar-refractivity contribution in [2.24, 2.45) is 14.1 Å². The Morgan fingerprint density at radius 3 is 2.47 bits per heavy atom. The van der Waals surface area contributed by atoms with E-state index in [4.69, 9.17) is 16.3 Å². The molecule has 3 aromatic heterocycles. The number of hydrogen-bond donors (Lipinski definition) is 0. The summed E-state index contributed by atoms with van der Waals surface area (Å²) in [6.45, 7) is 2.02. The quantitative estimate of drug-likeness (QED) is 0.342. The number of halogens is 1. The molecule has 0 aliphatic carbocycles.